The zero-order chi connectivity index (χ0) is 19.3. The SMILES string of the molecule is Cc1cccnc1Nc1cc(C2CCCN(C(=O)c3ccnnc3)C2)ccn1. The van der Waals surface area contributed by atoms with Crippen LogP contribution in [0.2, 0.25) is 0 Å². The van der Waals surface area contributed by atoms with Gasteiger partial charge in [0, 0.05) is 31.4 Å². The van der Waals surface area contributed by atoms with Gasteiger partial charge < -0.3 is 10.2 Å². The van der Waals surface area contributed by atoms with E-state index in [1.807, 2.05) is 36.2 Å². The second-order valence-corrected chi connectivity index (χ2v) is 6.99. The molecule has 1 fully saturated rings. The Morgan fingerprint density at radius 3 is 2.89 bits per heavy atom. The molecule has 142 valence electrons. The predicted molar refractivity (Wildman–Crippen MR) is 106 cm³/mol. The normalized spacial score (nSPS) is 16.6. The Labute approximate surface area is 163 Å². The molecule has 4 heterocycles. The summed E-state index contributed by atoms with van der Waals surface area (Å²) >= 11 is 0. The molecule has 1 atom stereocenters. The minimum absolute atomic E-state index is 0.0103. The third-order valence-corrected chi connectivity index (χ3v) is 5.05. The molecule has 7 heteroatoms. The van der Waals surface area contributed by atoms with Crippen molar-refractivity contribution >= 4 is 17.5 Å². The molecule has 1 aliphatic rings. The molecule has 1 unspecified atom stereocenters. The lowest BCUT2D eigenvalue weighted by atomic mass is 9.91. The van der Waals surface area contributed by atoms with Crippen molar-refractivity contribution in [3.63, 3.8) is 0 Å². The number of piperidine rings is 1. The number of rotatable bonds is 4. The summed E-state index contributed by atoms with van der Waals surface area (Å²) in [6, 6.07) is 9.72. The van der Waals surface area contributed by atoms with Gasteiger partial charge in [-0.05, 0) is 55.2 Å². The molecule has 0 saturated carbocycles. The first-order valence-corrected chi connectivity index (χ1v) is 9.41. The second kappa shape index (κ2) is 8.12. The number of nitrogens with zero attached hydrogens (tertiary/aromatic N) is 5. The molecule has 1 aliphatic heterocycles. The van der Waals surface area contributed by atoms with E-state index < -0.39 is 0 Å². The van der Waals surface area contributed by atoms with Crippen LogP contribution in [0, 0.1) is 6.92 Å². The van der Waals surface area contributed by atoms with Gasteiger partial charge in [-0.15, -0.1) is 0 Å². The lowest BCUT2D eigenvalue weighted by molar-refractivity contribution is 0.0706. The van der Waals surface area contributed by atoms with E-state index >= 15 is 0 Å². The molecular weight excluding hydrogens is 352 g/mol. The molecule has 0 radical (unpaired) electrons. The number of nitrogens with one attached hydrogen (secondary N) is 1. The van der Waals surface area contributed by atoms with Gasteiger partial charge in [-0.3, -0.25) is 4.79 Å². The Hall–Kier alpha value is -3.35. The van der Waals surface area contributed by atoms with Gasteiger partial charge in [0.25, 0.3) is 5.91 Å². The summed E-state index contributed by atoms with van der Waals surface area (Å²) in [6.07, 6.45) is 8.66. The molecule has 3 aromatic rings. The maximum absolute atomic E-state index is 12.7. The molecule has 0 bridgehead atoms. The van der Waals surface area contributed by atoms with Gasteiger partial charge in [-0.2, -0.15) is 10.2 Å². The van der Waals surface area contributed by atoms with Gasteiger partial charge >= 0.3 is 0 Å². The fraction of sp³-hybridized carbons (Fsp3) is 0.286. The van der Waals surface area contributed by atoms with E-state index in [4.69, 9.17) is 0 Å². The number of hydrogen-bond donors (Lipinski definition) is 1. The number of hydrogen-bond acceptors (Lipinski definition) is 6. The summed E-state index contributed by atoms with van der Waals surface area (Å²) < 4.78 is 0. The minimum atomic E-state index is 0.0103. The molecule has 1 saturated heterocycles. The van der Waals surface area contributed by atoms with Crippen molar-refractivity contribution in [3.8, 4) is 0 Å². The number of amides is 1. The minimum Gasteiger partial charge on any atom is -0.338 e. The number of aryl methyl sites for hydroxylation is 1. The van der Waals surface area contributed by atoms with Gasteiger partial charge in [0.05, 0.1) is 18.0 Å². The van der Waals surface area contributed by atoms with Gasteiger partial charge in [-0.1, -0.05) is 6.07 Å². The van der Waals surface area contributed by atoms with Gasteiger partial charge in [0.2, 0.25) is 0 Å². The van der Waals surface area contributed by atoms with E-state index in [-0.39, 0.29) is 11.8 Å². The zero-order valence-electron chi connectivity index (χ0n) is 15.7. The Kier molecular flexibility index (Phi) is 5.23. The zero-order valence-corrected chi connectivity index (χ0v) is 15.7. The number of pyridine rings is 2. The summed E-state index contributed by atoms with van der Waals surface area (Å²) in [5, 5.41) is 10.9. The summed E-state index contributed by atoms with van der Waals surface area (Å²) in [5.41, 5.74) is 2.82. The topological polar surface area (TPSA) is 83.9 Å². The Balaban J connectivity index is 1.49. The highest BCUT2D eigenvalue weighted by molar-refractivity contribution is 5.93. The Morgan fingerprint density at radius 1 is 1.14 bits per heavy atom. The standard InChI is InChI=1S/C21H22N6O/c1-15-4-2-8-23-20(15)26-19-12-16(6-9-22-19)18-5-3-11-27(14-18)21(28)17-7-10-24-25-13-17/h2,4,6-10,12-13,18H,3,5,11,14H2,1H3,(H,22,23,26). The summed E-state index contributed by atoms with van der Waals surface area (Å²) in [5.74, 6) is 1.86. The van der Waals surface area contributed by atoms with E-state index in [1.165, 1.54) is 11.8 Å². The summed E-state index contributed by atoms with van der Waals surface area (Å²) in [7, 11) is 0. The highest BCUT2D eigenvalue weighted by Gasteiger charge is 2.26. The van der Waals surface area contributed by atoms with Crippen molar-refractivity contribution in [2.24, 2.45) is 0 Å². The van der Waals surface area contributed by atoms with Crippen molar-refractivity contribution in [3.05, 3.63) is 71.8 Å². The van der Waals surface area contributed by atoms with Crippen LogP contribution in [-0.2, 0) is 0 Å². The van der Waals surface area contributed by atoms with Crippen LogP contribution in [0.25, 0.3) is 0 Å². The molecule has 1 N–H and O–H groups in total. The molecular formula is C21H22N6O. The number of carbonyl (C=O) groups is 1. The molecule has 0 aromatic carbocycles. The first kappa shape index (κ1) is 18.0. The van der Waals surface area contributed by atoms with Crippen molar-refractivity contribution in [2.75, 3.05) is 18.4 Å². The monoisotopic (exact) mass is 374 g/mol. The summed E-state index contributed by atoms with van der Waals surface area (Å²) in [6.45, 7) is 3.46. The smallest absolute Gasteiger partial charge is 0.255 e. The fourth-order valence-corrected chi connectivity index (χ4v) is 3.54. The number of anilines is 2. The number of likely N-dealkylation sites (tertiary alicyclic amines) is 1. The Morgan fingerprint density at radius 2 is 2.07 bits per heavy atom. The third kappa shape index (κ3) is 3.98. The summed E-state index contributed by atoms with van der Waals surface area (Å²) in [4.78, 5) is 23.4. The van der Waals surface area contributed by atoms with Crippen LogP contribution in [0.3, 0.4) is 0 Å². The van der Waals surface area contributed by atoms with Gasteiger partial charge in [0.1, 0.15) is 11.6 Å². The number of carbonyl (C=O) groups excluding carboxylic acids is 1. The first-order chi connectivity index (χ1) is 13.7. The lowest BCUT2D eigenvalue weighted by Gasteiger charge is -2.33. The van der Waals surface area contributed by atoms with Crippen LogP contribution in [0.4, 0.5) is 11.6 Å². The molecule has 1 amide bonds. The Bertz CT molecular complexity index is 962. The maximum atomic E-state index is 12.7. The average Bonchev–Trinajstić information content (AvgIpc) is 2.76. The van der Waals surface area contributed by atoms with Crippen molar-refractivity contribution in [2.45, 2.75) is 25.7 Å². The molecule has 0 aliphatic carbocycles. The van der Waals surface area contributed by atoms with Gasteiger partial charge in [-0.25, -0.2) is 9.97 Å². The highest BCUT2D eigenvalue weighted by atomic mass is 16.2. The lowest BCUT2D eigenvalue weighted by Crippen LogP contribution is -2.39. The predicted octanol–water partition coefficient (Wildman–Crippen LogP) is 3.34. The van der Waals surface area contributed by atoms with Crippen molar-refractivity contribution < 1.29 is 4.79 Å². The van der Waals surface area contributed by atoms with Crippen LogP contribution in [0.5, 0.6) is 0 Å². The van der Waals surface area contributed by atoms with Crippen LogP contribution < -0.4 is 5.32 Å². The van der Waals surface area contributed by atoms with Crippen LogP contribution in [0.1, 0.15) is 40.2 Å². The van der Waals surface area contributed by atoms with Crippen LogP contribution in [0.15, 0.2) is 55.1 Å². The van der Waals surface area contributed by atoms with Crippen molar-refractivity contribution in [1.29, 1.82) is 0 Å². The molecule has 28 heavy (non-hydrogen) atoms. The quantitative estimate of drug-likeness (QED) is 0.754. The van der Waals surface area contributed by atoms with Gasteiger partial charge in [0.15, 0.2) is 0 Å². The maximum Gasteiger partial charge on any atom is 0.255 e. The largest absolute Gasteiger partial charge is 0.338 e. The molecule has 7 nitrogen and oxygen atoms in total. The second-order valence-electron chi connectivity index (χ2n) is 6.99. The molecule has 3 aromatic heterocycles. The van der Waals surface area contributed by atoms with E-state index in [1.54, 1.807) is 18.5 Å². The van der Waals surface area contributed by atoms with E-state index in [2.05, 4.69) is 31.5 Å². The average molecular weight is 374 g/mol. The van der Waals surface area contributed by atoms with Crippen molar-refractivity contribution in [1.82, 2.24) is 25.1 Å². The van der Waals surface area contributed by atoms with Crippen LogP contribution in [-0.4, -0.2) is 44.1 Å². The van der Waals surface area contributed by atoms with E-state index in [9.17, 15) is 4.79 Å². The fourth-order valence-electron chi connectivity index (χ4n) is 3.54. The van der Waals surface area contributed by atoms with Crippen LogP contribution >= 0.6 is 0 Å². The first-order valence-electron chi connectivity index (χ1n) is 9.41. The number of aromatic nitrogens is 4. The van der Waals surface area contributed by atoms with E-state index in [0.29, 0.717) is 12.1 Å². The third-order valence-electron chi connectivity index (χ3n) is 5.05. The molecule has 4 rings (SSSR count). The molecule has 0 spiro atoms. The highest BCUT2D eigenvalue weighted by Crippen LogP contribution is 2.29. The van der Waals surface area contributed by atoms with E-state index in [0.717, 1.165) is 36.6 Å².